The molecule has 25 heavy (non-hydrogen) atoms. The number of phenolic OH excluding ortho intramolecular Hbond substituents is 3. The average molecular weight is 340 g/mol. The number of para-hydroxylation sites is 1. The number of hydrogen-bond donors (Lipinski definition) is 3. The van der Waals surface area contributed by atoms with Gasteiger partial charge in [-0.3, -0.25) is 9.59 Å². The van der Waals surface area contributed by atoms with Crippen LogP contribution in [0.2, 0.25) is 0 Å². The molecule has 0 bridgehead atoms. The number of azo groups is 1. The second kappa shape index (κ2) is 6.08. The Balaban J connectivity index is 2.36. The molecular formula is C17H12N2O6. The van der Waals surface area contributed by atoms with Crippen LogP contribution in [0.4, 0.5) is 11.4 Å². The Hall–Kier alpha value is -3.68. The number of benzene rings is 2. The summed E-state index contributed by atoms with van der Waals surface area (Å²) < 4.78 is 5.40. The summed E-state index contributed by atoms with van der Waals surface area (Å²) in [5.41, 5.74) is -1.53. The van der Waals surface area contributed by atoms with Crippen LogP contribution >= 0.6 is 0 Å². The summed E-state index contributed by atoms with van der Waals surface area (Å²) in [6.07, 6.45) is 0.197. The van der Waals surface area contributed by atoms with Gasteiger partial charge in [-0.05, 0) is 19.1 Å². The Labute approximate surface area is 140 Å². The monoisotopic (exact) mass is 340 g/mol. The van der Waals surface area contributed by atoms with Crippen molar-refractivity contribution in [2.24, 2.45) is 10.2 Å². The molecule has 0 atom stereocenters. The molecule has 0 saturated heterocycles. The lowest BCUT2D eigenvalue weighted by Gasteiger charge is -2.09. The van der Waals surface area contributed by atoms with Crippen molar-refractivity contribution < 1.29 is 24.5 Å². The fourth-order valence-electron chi connectivity index (χ4n) is 2.34. The second-order valence-corrected chi connectivity index (χ2v) is 5.19. The van der Waals surface area contributed by atoms with Crippen molar-refractivity contribution in [2.75, 3.05) is 0 Å². The molecule has 1 aromatic heterocycles. The van der Waals surface area contributed by atoms with Crippen molar-refractivity contribution in [1.82, 2.24) is 0 Å². The van der Waals surface area contributed by atoms with Crippen molar-refractivity contribution >= 4 is 28.6 Å². The van der Waals surface area contributed by atoms with Crippen LogP contribution in [-0.4, -0.2) is 21.6 Å². The highest BCUT2D eigenvalue weighted by Gasteiger charge is 2.23. The number of carbonyl (C=O) groups excluding carboxylic acids is 1. The zero-order chi connectivity index (χ0) is 18.1. The van der Waals surface area contributed by atoms with Gasteiger partial charge in [0.15, 0.2) is 28.7 Å². The zero-order valence-electron chi connectivity index (χ0n) is 12.9. The van der Waals surface area contributed by atoms with Gasteiger partial charge < -0.3 is 19.7 Å². The maximum atomic E-state index is 12.2. The topological polar surface area (TPSA) is 133 Å². The Morgan fingerprint density at radius 2 is 1.80 bits per heavy atom. The maximum Gasteiger partial charge on any atom is 0.196 e. The number of aryl methyl sites for hydroxylation is 1. The van der Waals surface area contributed by atoms with Crippen LogP contribution < -0.4 is 5.43 Å². The molecule has 0 spiro atoms. The molecule has 3 rings (SSSR count). The quantitative estimate of drug-likeness (QED) is 0.494. The van der Waals surface area contributed by atoms with Crippen molar-refractivity contribution in [2.45, 2.75) is 6.92 Å². The molecule has 3 aromatic rings. The number of carbonyl (C=O) groups is 1. The highest BCUT2D eigenvalue weighted by atomic mass is 16.3. The van der Waals surface area contributed by atoms with E-state index >= 15 is 0 Å². The smallest absolute Gasteiger partial charge is 0.196 e. The highest BCUT2D eigenvalue weighted by molar-refractivity contribution is 6.03. The summed E-state index contributed by atoms with van der Waals surface area (Å²) in [5.74, 6) is -1.32. The minimum absolute atomic E-state index is 0.103. The molecule has 0 aliphatic carbocycles. The molecule has 2 aromatic carbocycles. The lowest BCUT2D eigenvalue weighted by molar-refractivity contribution is 0.111. The second-order valence-electron chi connectivity index (χ2n) is 5.19. The van der Waals surface area contributed by atoms with Gasteiger partial charge in [-0.15, -0.1) is 10.2 Å². The van der Waals surface area contributed by atoms with E-state index in [1.54, 1.807) is 12.1 Å². The lowest BCUT2D eigenvalue weighted by atomic mass is 10.1. The molecule has 0 fully saturated rings. The molecular weight excluding hydrogens is 328 g/mol. The minimum Gasteiger partial charge on any atom is -0.506 e. The third kappa shape index (κ3) is 2.69. The normalized spacial score (nSPS) is 11.2. The minimum atomic E-state index is -0.697. The first-order chi connectivity index (χ1) is 11.9. The third-order valence-corrected chi connectivity index (χ3v) is 3.51. The first-order valence-electron chi connectivity index (χ1n) is 7.11. The molecule has 0 amide bonds. The summed E-state index contributed by atoms with van der Waals surface area (Å²) in [6.45, 7) is 1.51. The fraction of sp³-hybridized carbons (Fsp3) is 0.0588. The van der Waals surface area contributed by atoms with Gasteiger partial charge in [-0.2, -0.15) is 0 Å². The predicted octanol–water partition coefficient (Wildman–Crippen LogP) is 3.45. The van der Waals surface area contributed by atoms with Crippen LogP contribution in [0.25, 0.3) is 11.0 Å². The van der Waals surface area contributed by atoms with E-state index in [-0.39, 0.29) is 40.1 Å². The molecule has 0 unspecified atom stereocenters. The van der Waals surface area contributed by atoms with E-state index < -0.39 is 22.5 Å². The van der Waals surface area contributed by atoms with Crippen molar-refractivity contribution in [3.8, 4) is 17.2 Å². The van der Waals surface area contributed by atoms with Crippen LogP contribution in [0, 0.1) is 6.92 Å². The first-order valence-corrected chi connectivity index (χ1v) is 7.11. The summed E-state index contributed by atoms with van der Waals surface area (Å²) >= 11 is 0. The first kappa shape index (κ1) is 16.2. The number of nitrogens with zero attached hydrogens (tertiary/aromatic N) is 2. The largest absolute Gasteiger partial charge is 0.506 e. The molecule has 126 valence electrons. The molecule has 0 aliphatic heterocycles. The van der Waals surface area contributed by atoms with Gasteiger partial charge >= 0.3 is 0 Å². The molecule has 3 N–H and O–H groups in total. The van der Waals surface area contributed by atoms with Crippen molar-refractivity contribution in [3.63, 3.8) is 0 Å². The molecule has 8 heteroatoms. The Morgan fingerprint density at radius 3 is 2.48 bits per heavy atom. The Bertz CT molecular complexity index is 1080. The lowest BCUT2D eigenvalue weighted by Crippen LogP contribution is -2.02. The molecule has 0 saturated carbocycles. The molecule has 8 nitrogen and oxygen atoms in total. The average Bonchev–Trinajstić information content (AvgIpc) is 2.56. The molecule has 1 heterocycles. The summed E-state index contributed by atoms with van der Waals surface area (Å²) in [4.78, 5) is 23.3. The summed E-state index contributed by atoms with van der Waals surface area (Å²) in [6, 6.07) is 7.21. The van der Waals surface area contributed by atoms with Gasteiger partial charge in [0.05, 0.1) is 0 Å². The number of rotatable bonds is 3. The highest BCUT2D eigenvalue weighted by Crippen LogP contribution is 2.43. The number of aromatic hydroxyl groups is 3. The fourth-order valence-corrected chi connectivity index (χ4v) is 2.34. The predicted molar refractivity (Wildman–Crippen MR) is 88.2 cm³/mol. The van der Waals surface area contributed by atoms with Gasteiger partial charge in [0.25, 0.3) is 0 Å². The van der Waals surface area contributed by atoms with Crippen LogP contribution in [0.5, 0.6) is 17.2 Å². The van der Waals surface area contributed by atoms with E-state index in [4.69, 9.17) is 4.42 Å². The van der Waals surface area contributed by atoms with E-state index in [1.807, 2.05) is 0 Å². The number of fused-ring (bicyclic) bond motifs is 1. The zero-order valence-corrected chi connectivity index (χ0v) is 12.9. The Morgan fingerprint density at radius 1 is 1.08 bits per heavy atom. The van der Waals surface area contributed by atoms with E-state index in [9.17, 15) is 24.9 Å². The molecule has 0 radical (unpaired) electrons. The van der Waals surface area contributed by atoms with Crippen molar-refractivity contribution in [1.29, 1.82) is 0 Å². The Kier molecular flexibility index (Phi) is 3.94. The van der Waals surface area contributed by atoms with Crippen LogP contribution in [0.15, 0.2) is 49.8 Å². The van der Waals surface area contributed by atoms with E-state index in [1.165, 1.54) is 19.1 Å². The van der Waals surface area contributed by atoms with Crippen LogP contribution in [0.3, 0.4) is 0 Å². The van der Waals surface area contributed by atoms with E-state index in [0.717, 1.165) is 6.07 Å². The standard InChI is InChI=1S/C17H12N2O6/c1-8-6-12(22)13-15(23)9(7-20)16(24)14(17(13)25-8)19-18-10-4-2-3-5-11(10)21/h2-7,21,23-24H,1H3. The number of aldehydes is 1. The number of hydrogen-bond acceptors (Lipinski definition) is 8. The van der Waals surface area contributed by atoms with Gasteiger partial charge in [0, 0.05) is 6.07 Å². The van der Waals surface area contributed by atoms with Gasteiger partial charge in [-0.1, -0.05) is 12.1 Å². The summed E-state index contributed by atoms with van der Waals surface area (Å²) in [7, 11) is 0. The van der Waals surface area contributed by atoms with Crippen LogP contribution in [0.1, 0.15) is 16.1 Å². The third-order valence-electron chi connectivity index (χ3n) is 3.51. The van der Waals surface area contributed by atoms with Gasteiger partial charge in [-0.25, -0.2) is 0 Å². The molecule has 0 aliphatic rings. The number of phenols is 3. The van der Waals surface area contributed by atoms with Gasteiger partial charge in [0.1, 0.15) is 33.9 Å². The summed E-state index contributed by atoms with van der Waals surface area (Å²) in [5, 5.41) is 37.4. The maximum absolute atomic E-state index is 12.2. The van der Waals surface area contributed by atoms with Gasteiger partial charge in [0.2, 0.25) is 0 Å². The van der Waals surface area contributed by atoms with E-state index in [0.29, 0.717) is 0 Å². The van der Waals surface area contributed by atoms with Crippen molar-refractivity contribution in [3.05, 3.63) is 51.9 Å². The SMILES string of the molecule is Cc1cc(=O)c2c(O)c(C=O)c(O)c(N=Nc3ccccc3O)c2o1. The van der Waals surface area contributed by atoms with E-state index in [2.05, 4.69) is 10.2 Å². The van der Waals surface area contributed by atoms with Crippen LogP contribution in [-0.2, 0) is 0 Å².